The van der Waals surface area contributed by atoms with Crippen molar-refractivity contribution < 1.29 is 9.90 Å². The van der Waals surface area contributed by atoms with Crippen LogP contribution in [0.5, 0.6) is 0 Å². The smallest absolute Gasteiger partial charge is 0.308 e. The lowest BCUT2D eigenvalue weighted by molar-refractivity contribution is -0.141. The fraction of sp³-hybridized carbons (Fsp3) is 0.462. The van der Waals surface area contributed by atoms with E-state index in [-0.39, 0.29) is 0 Å². The molecule has 0 spiro atoms. The van der Waals surface area contributed by atoms with Gasteiger partial charge in [-0.15, -0.1) is 0 Å². The lowest BCUT2D eigenvalue weighted by atomic mass is 10.1. The monoisotopic (exact) mass is 247 g/mol. The lowest BCUT2D eigenvalue weighted by Crippen LogP contribution is -2.22. The Hall–Kier alpha value is -2.09. The average molecular weight is 247 g/mol. The van der Waals surface area contributed by atoms with E-state index in [0.717, 1.165) is 5.69 Å². The first-order valence-electron chi connectivity index (χ1n) is 5.84. The summed E-state index contributed by atoms with van der Waals surface area (Å²) >= 11 is 0. The molecule has 2 N–H and O–H groups in total. The zero-order valence-corrected chi connectivity index (χ0v) is 10.8. The van der Waals surface area contributed by atoms with Gasteiger partial charge in [0.1, 0.15) is 6.07 Å². The summed E-state index contributed by atoms with van der Waals surface area (Å²) < 4.78 is 0. The van der Waals surface area contributed by atoms with Crippen LogP contribution in [0, 0.1) is 31.1 Å². The number of nitrogens with zero attached hydrogens (tertiary/aromatic N) is 2. The van der Waals surface area contributed by atoms with Gasteiger partial charge in [0.25, 0.3) is 0 Å². The third-order valence-electron chi connectivity index (χ3n) is 2.82. The van der Waals surface area contributed by atoms with Crippen molar-refractivity contribution in [3.05, 3.63) is 23.0 Å². The normalized spacial score (nSPS) is 11.7. The molecule has 1 atom stereocenters. The van der Waals surface area contributed by atoms with Gasteiger partial charge >= 0.3 is 5.97 Å². The van der Waals surface area contributed by atoms with Crippen molar-refractivity contribution in [2.24, 2.45) is 5.92 Å². The second kappa shape index (κ2) is 6.01. The van der Waals surface area contributed by atoms with Gasteiger partial charge in [-0.3, -0.25) is 9.78 Å². The van der Waals surface area contributed by atoms with Crippen LogP contribution in [0.25, 0.3) is 0 Å². The van der Waals surface area contributed by atoms with E-state index >= 15 is 0 Å². The summed E-state index contributed by atoms with van der Waals surface area (Å²) in [4.78, 5) is 15.1. The number of aromatic nitrogens is 1. The Kier molecular flexibility index (Phi) is 4.67. The number of carboxylic acid groups (broad SMARTS) is 1. The van der Waals surface area contributed by atoms with E-state index in [1.807, 2.05) is 13.8 Å². The molecule has 0 aliphatic heterocycles. The largest absolute Gasteiger partial charge is 0.481 e. The maximum atomic E-state index is 10.9. The number of rotatable bonds is 5. The number of nitrogens with one attached hydrogen (secondary N) is 1. The zero-order valence-electron chi connectivity index (χ0n) is 10.8. The molecule has 1 rings (SSSR count). The van der Waals surface area contributed by atoms with Crippen LogP contribution in [0.4, 0.5) is 5.69 Å². The van der Waals surface area contributed by atoms with Gasteiger partial charge in [-0.2, -0.15) is 5.26 Å². The Morgan fingerprint density at radius 1 is 1.61 bits per heavy atom. The molecule has 0 fully saturated rings. The van der Waals surface area contributed by atoms with E-state index in [9.17, 15) is 4.79 Å². The van der Waals surface area contributed by atoms with Crippen LogP contribution < -0.4 is 5.32 Å². The lowest BCUT2D eigenvalue weighted by Gasteiger charge is -2.14. The number of carboxylic acids is 1. The van der Waals surface area contributed by atoms with Gasteiger partial charge in [-0.25, -0.2) is 0 Å². The number of carbonyl (C=O) groups is 1. The molecule has 0 radical (unpaired) electrons. The molecule has 96 valence electrons. The third kappa shape index (κ3) is 3.20. The average Bonchev–Trinajstić information content (AvgIpc) is 2.28. The van der Waals surface area contributed by atoms with E-state index in [1.165, 1.54) is 0 Å². The molecule has 5 heteroatoms. The van der Waals surface area contributed by atoms with Crippen molar-refractivity contribution in [1.29, 1.82) is 5.26 Å². The minimum atomic E-state index is -0.828. The van der Waals surface area contributed by atoms with E-state index in [1.54, 1.807) is 13.0 Å². The standard InChI is InChI=1S/C13H17N3O2/c1-4-10(13(17)18)7-15-12-5-8(2)16-9(3)11(12)6-14/h5,10H,4,7H2,1-3H3,(H,15,16)(H,17,18). The summed E-state index contributed by atoms with van der Waals surface area (Å²) in [5.74, 6) is -1.28. The molecule has 0 aliphatic rings. The number of aliphatic carboxylic acids is 1. The summed E-state index contributed by atoms with van der Waals surface area (Å²) in [7, 11) is 0. The Morgan fingerprint density at radius 3 is 2.78 bits per heavy atom. The van der Waals surface area contributed by atoms with Gasteiger partial charge in [0, 0.05) is 12.2 Å². The van der Waals surface area contributed by atoms with Crippen molar-refractivity contribution in [3.63, 3.8) is 0 Å². The molecule has 5 nitrogen and oxygen atoms in total. The molecule has 0 saturated carbocycles. The first-order chi connectivity index (χ1) is 8.49. The second-order valence-corrected chi connectivity index (χ2v) is 4.21. The molecule has 18 heavy (non-hydrogen) atoms. The first kappa shape index (κ1) is 14.0. The van der Waals surface area contributed by atoms with Gasteiger partial charge in [-0.1, -0.05) is 6.92 Å². The van der Waals surface area contributed by atoms with Gasteiger partial charge in [0.15, 0.2) is 0 Å². The minimum Gasteiger partial charge on any atom is -0.481 e. The molecule has 1 aromatic rings. The maximum absolute atomic E-state index is 10.9. The highest BCUT2D eigenvalue weighted by atomic mass is 16.4. The summed E-state index contributed by atoms with van der Waals surface area (Å²) in [6.07, 6.45) is 0.549. The van der Waals surface area contributed by atoms with Crippen LogP contribution in [0.15, 0.2) is 6.07 Å². The summed E-state index contributed by atoms with van der Waals surface area (Å²) in [5.41, 5.74) is 2.59. The van der Waals surface area contributed by atoms with Crippen molar-refractivity contribution in [1.82, 2.24) is 4.98 Å². The van der Waals surface area contributed by atoms with Gasteiger partial charge < -0.3 is 10.4 Å². The molecular formula is C13H17N3O2. The fourth-order valence-electron chi connectivity index (χ4n) is 1.75. The van der Waals surface area contributed by atoms with Crippen LogP contribution in [-0.2, 0) is 4.79 Å². The minimum absolute atomic E-state index is 0.309. The number of aryl methyl sites for hydroxylation is 2. The van der Waals surface area contributed by atoms with E-state index in [4.69, 9.17) is 10.4 Å². The van der Waals surface area contributed by atoms with Crippen LogP contribution in [-0.4, -0.2) is 22.6 Å². The highest BCUT2D eigenvalue weighted by Crippen LogP contribution is 2.19. The van der Waals surface area contributed by atoms with Crippen LogP contribution in [0.3, 0.4) is 0 Å². The van der Waals surface area contributed by atoms with Gasteiger partial charge in [0.2, 0.25) is 0 Å². The third-order valence-corrected chi connectivity index (χ3v) is 2.82. The molecule has 0 aromatic carbocycles. The number of anilines is 1. The van der Waals surface area contributed by atoms with Crippen LogP contribution in [0.1, 0.15) is 30.3 Å². The maximum Gasteiger partial charge on any atom is 0.308 e. The van der Waals surface area contributed by atoms with Crippen LogP contribution >= 0.6 is 0 Å². The number of hydrogen-bond acceptors (Lipinski definition) is 4. The van der Waals surface area contributed by atoms with Crippen molar-refractivity contribution in [3.8, 4) is 6.07 Å². The number of hydrogen-bond donors (Lipinski definition) is 2. The Bertz CT molecular complexity index is 492. The quantitative estimate of drug-likeness (QED) is 0.832. The molecule has 0 saturated heterocycles. The molecule has 1 unspecified atom stereocenters. The van der Waals surface area contributed by atoms with E-state index in [2.05, 4.69) is 16.4 Å². The van der Waals surface area contributed by atoms with E-state index < -0.39 is 11.9 Å². The Balaban J connectivity index is 2.91. The van der Waals surface area contributed by atoms with E-state index in [0.29, 0.717) is 29.9 Å². The highest BCUT2D eigenvalue weighted by Gasteiger charge is 2.16. The van der Waals surface area contributed by atoms with Gasteiger partial charge in [0.05, 0.1) is 22.9 Å². The van der Waals surface area contributed by atoms with Crippen molar-refractivity contribution >= 4 is 11.7 Å². The molecule has 0 amide bonds. The second-order valence-electron chi connectivity index (χ2n) is 4.21. The van der Waals surface area contributed by atoms with Gasteiger partial charge in [-0.05, 0) is 26.3 Å². The molecular weight excluding hydrogens is 230 g/mol. The predicted octanol–water partition coefficient (Wildman–Crippen LogP) is 2.09. The predicted molar refractivity (Wildman–Crippen MR) is 68.3 cm³/mol. The Morgan fingerprint density at radius 2 is 2.28 bits per heavy atom. The summed E-state index contributed by atoms with van der Waals surface area (Å²) in [6.45, 7) is 5.75. The zero-order chi connectivity index (χ0) is 13.7. The summed E-state index contributed by atoms with van der Waals surface area (Å²) in [5, 5.41) is 21.1. The molecule has 0 bridgehead atoms. The summed E-state index contributed by atoms with van der Waals surface area (Å²) in [6, 6.07) is 3.85. The SMILES string of the molecule is CCC(CNc1cc(C)nc(C)c1C#N)C(=O)O. The van der Waals surface area contributed by atoms with Crippen LogP contribution in [0.2, 0.25) is 0 Å². The number of nitriles is 1. The first-order valence-corrected chi connectivity index (χ1v) is 5.84. The van der Waals surface area contributed by atoms with Crippen molar-refractivity contribution in [2.75, 3.05) is 11.9 Å². The van der Waals surface area contributed by atoms with Crippen molar-refractivity contribution in [2.45, 2.75) is 27.2 Å². The number of pyridine rings is 1. The topological polar surface area (TPSA) is 86.0 Å². The molecule has 1 aromatic heterocycles. The fourth-order valence-corrected chi connectivity index (χ4v) is 1.75. The Labute approximate surface area is 106 Å². The molecule has 0 aliphatic carbocycles. The molecule has 1 heterocycles. The highest BCUT2D eigenvalue weighted by molar-refractivity contribution is 5.71.